The van der Waals surface area contributed by atoms with Crippen molar-refractivity contribution in [1.82, 2.24) is 0 Å². The molecule has 0 amide bonds. The molecule has 1 aromatic rings. The van der Waals surface area contributed by atoms with E-state index in [4.69, 9.17) is 5.11 Å². The number of hydrogen-bond donors (Lipinski definition) is 1. The van der Waals surface area contributed by atoms with E-state index in [1.165, 1.54) is 18.4 Å². The molecule has 0 aliphatic rings. The Hall–Kier alpha value is -0.640. The molecule has 1 rings (SSSR count). The van der Waals surface area contributed by atoms with E-state index in [0.29, 0.717) is 0 Å². The third-order valence-corrected chi connectivity index (χ3v) is 0.732. The summed E-state index contributed by atoms with van der Waals surface area (Å²) < 4.78 is 4.50. The Morgan fingerprint density at radius 1 is 1.60 bits per heavy atom. The van der Waals surface area contributed by atoms with Crippen molar-refractivity contribution >= 4 is 5.97 Å². The summed E-state index contributed by atoms with van der Waals surface area (Å²) in [5.74, 6) is -1.06. The Bertz CT molecular complexity index is 181. The van der Waals surface area contributed by atoms with Gasteiger partial charge >= 0.3 is 5.97 Å². The van der Waals surface area contributed by atoms with Gasteiger partial charge in [-0.3, -0.25) is 0 Å². The second-order valence-electron chi connectivity index (χ2n) is 1.28. The molecule has 59 valence electrons. The zero-order valence-electron chi connectivity index (χ0n) is 5.30. The summed E-state index contributed by atoms with van der Waals surface area (Å²) in [4.78, 5) is 9.97. The van der Waals surface area contributed by atoms with Crippen LogP contribution in [0.5, 0.6) is 0 Å². The Labute approximate surface area is 74.6 Å². The first kappa shape index (κ1) is 12.1. The van der Waals surface area contributed by atoms with E-state index in [1.54, 1.807) is 0 Å². The van der Waals surface area contributed by atoms with Gasteiger partial charge in [0.1, 0.15) is 0 Å². The molecule has 0 atom stereocenters. The molecule has 0 unspecified atom stereocenters. The summed E-state index contributed by atoms with van der Waals surface area (Å²) in [6.45, 7) is 0. The molecule has 0 bridgehead atoms. The van der Waals surface area contributed by atoms with Crippen LogP contribution in [0.25, 0.3) is 0 Å². The van der Waals surface area contributed by atoms with Gasteiger partial charge in [0.25, 0.3) is 0 Å². The predicted octanol–water partition coefficient (Wildman–Crippen LogP) is 1.43. The average molecular weight is 235 g/mol. The zero-order valence-corrected chi connectivity index (χ0v) is 6.78. The van der Waals surface area contributed by atoms with Crippen LogP contribution in [0, 0.1) is 7.43 Å². The molecule has 3 nitrogen and oxygen atoms in total. The van der Waals surface area contributed by atoms with E-state index in [2.05, 4.69) is 4.42 Å². The van der Waals surface area contributed by atoms with Gasteiger partial charge in [-0.15, -0.1) is 0 Å². The zero-order chi connectivity index (χ0) is 5.98. The van der Waals surface area contributed by atoms with Gasteiger partial charge < -0.3 is 9.52 Å². The second-order valence-corrected chi connectivity index (χ2v) is 1.28. The molecule has 0 spiro atoms. The van der Waals surface area contributed by atoms with E-state index in [1.807, 2.05) is 0 Å². The molecular weight excluding hydrogens is 228 g/mol. The molecule has 0 saturated heterocycles. The molecule has 0 fully saturated rings. The Kier molecular flexibility index (Phi) is 6.24. The van der Waals surface area contributed by atoms with Crippen molar-refractivity contribution in [1.29, 1.82) is 0 Å². The molecular formula is C6H7AgO3+. The smallest absolute Gasteiger partial charge is 0.371 e. The third kappa shape index (κ3) is 2.77. The molecule has 1 N–H and O–H groups in total. The largest absolute Gasteiger partial charge is 0.475 e. The summed E-state index contributed by atoms with van der Waals surface area (Å²) in [6, 6.07) is 2.92. The normalized spacial score (nSPS) is 7.20. The summed E-state index contributed by atoms with van der Waals surface area (Å²) in [5, 5.41) is 8.18. The van der Waals surface area contributed by atoms with Crippen LogP contribution in [-0.2, 0) is 22.4 Å². The number of carboxylic acid groups (broad SMARTS) is 1. The summed E-state index contributed by atoms with van der Waals surface area (Å²) in [7, 11) is 0. The number of rotatable bonds is 1. The molecule has 0 aromatic carbocycles. The van der Waals surface area contributed by atoms with Gasteiger partial charge in [-0.1, -0.05) is 0 Å². The molecule has 1 radical (unpaired) electrons. The molecule has 1 heterocycles. The van der Waals surface area contributed by atoms with E-state index in [0.717, 1.165) is 0 Å². The minimum absolute atomic E-state index is 0. The van der Waals surface area contributed by atoms with Crippen LogP contribution in [0.4, 0.5) is 0 Å². The SMILES string of the molecule is O=C(O)c1ccco1.[Ag].[CH3+]. The van der Waals surface area contributed by atoms with Crippen LogP contribution in [0.3, 0.4) is 0 Å². The first-order chi connectivity index (χ1) is 3.80. The Balaban J connectivity index is 0. The van der Waals surface area contributed by atoms with Gasteiger partial charge in [0.2, 0.25) is 5.76 Å². The van der Waals surface area contributed by atoms with Crippen LogP contribution >= 0.6 is 0 Å². The van der Waals surface area contributed by atoms with Crippen molar-refractivity contribution < 1.29 is 36.7 Å². The number of carbonyl (C=O) groups is 1. The number of furan rings is 1. The van der Waals surface area contributed by atoms with E-state index in [-0.39, 0.29) is 35.6 Å². The van der Waals surface area contributed by atoms with Crippen molar-refractivity contribution in [3.8, 4) is 0 Å². The molecule has 4 heteroatoms. The predicted molar refractivity (Wildman–Crippen MR) is 32.1 cm³/mol. The minimum atomic E-state index is -1.03. The van der Waals surface area contributed by atoms with Gasteiger partial charge in [-0.05, 0) is 12.1 Å². The molecule has 0 aliphatic carbocycles. The monoisotopic (exact) mass is 234 g/mol. The summed E-state index contributed by atoms with van der Waals surface area (Å²) in [5.41, 5.74) is 0. The standard InChI is InChI=1S/C5H4O3.CH3.Ag/c6-5(7)4-2-1-3-8-4;;/h1-3H,(H,6,7);1H3;/q;+1;. The van der Waals surface area contributed by atoms with Crippen LogP contribution < -0.4 is 0 Å². The van der Waals surface area contributed by atoms with Gasteiger partial charge in [-0.2, -0.15) is 0 Å². The fourth-order valence-electron chi connectivity index (χ4n) is 0.400. The maximum absolute atomic E-state index is 9.97. The van der Waals surface area contributed by atoms with Crippen LogP contribution in [-0.4, -0.2) is 11.1 Å². The van der Waals surface area contributed by atoms with Crippen molar-refractivity contribution in [3.05, 3.63) is 31.6 Å². The van der Waals surface area contributed by atoms with E-state index >= 15 is 0 Å². The first-order valence-corrected chi connectivity index (χ1v) is 2.07. The maximum Gasteiger partial charge on any atom is 0.371 e. The molecule has 1 aromatic heterocycles. The minimum Gasteiger partial charge on any atom is -0.475 e. The van der Waals surface area contributed by atoms with Gasteiger partial charge in [0.15, 0.2) is 0 Å². The first-order valence-electron chi connectivity index (χ1n) is 2.07. The fourth-order valence-corrected chi connectivity index (χ4v) is 0.400. The van der Waals surface area contributed by atoms with Crippen LogP contribution in [0.1, 0.15) is 10.6 Å². The fraction of sp³-hybridized carbons (Fsp3) is 0. The Morgan fingerprint density at radius 3 is 2.40 bits per heavy atom. The summed E-state index contributed by atoms with van der Waals surface area (Å²) >= 11 is 0. The summed E-state index contributed by atoms with van der Waals surface area (Å²) in [6.07, 6.45) is 1.32. The van der Waals surface area contributed by atoms with Crippen LogP contribution in [0.2, 0.25) is 0 Å². The van der Waals surface area contributed by atoms with Crippen LogP contribution in [0.15, 0.2) is 22.8 Å². The van der Waals surface area contributed by atoms with Crippen molar-refractivity contribution in [2.24, 2.45) is 0 Å². The third-order valence-electron chi connectivity index (χ3n) is 0.732. The Morgan fingerprint density at radius 2 is 2.20 bits per heavy atom. The average Bonchev–Trinajstić information content (AvgIpc) is 2.12. The van der Waals surface area contributed by atoms with E-state index in [9.17, 15) is 4.79 Å². The van der Waals surface area contributed by atoms with Crippen molar-refractivity contribution in [2.45, 2.75) is 0 Å². The number of aromatic carboxylic acids is 1. The van der Waals surface area contributed by atoms with Crippen molar-refractivity contribution in [2.75, 3.05) is 0 Å². The number of hydrogen-bond acceptors (Lipinski definition) is 2. The van der Waals surface area contributed by atoms with Gasteiger partial charge in [0, 0.05) is 29.8 Å². The van der Waals surface area contributed by atoms with Gasteiger partial charge in [0.05, 0.1) is 6.26 Å². The van der Waals surface area contributed by atoms with Crippen molar-refractivity contribution in [3.63, 3.8) is 0 Å². The number of carboxylic acids is 1. The molecule has 0 saturated carbocycles. The van der Waals surface area contributed by atoms with Gasteiger partial charge in [-0.25, -0.2) is 4.79 Å². The topological polar surface area (TPSA) is 50.4 Å². The van der Waals surface area contributed by atoms with E-state index < -0.39 is 5.97 Å². The quantitative estimate of drug-likeness (QED) is 0.591. The maximum atomic E-state index is 9.97. The molecule has 10 heavy (non-hydrogen) atoms. The second kappa shape index (κ2) is 5.17. The molecule has 0 aliphatic heterocycles.